The van der Waals surface area contributed by atoms with Crippen molar-refractivity contribution < 1.29 is 0 Å². The zero-order valence-electron chi connectivity index (χ0n) is 12.7. The number of hydrogen-bond acceptors (Lipinski definition) is 3. The van der Waals surface area contributed by atoms with Crippen LogP contribution in [0.4, 0.5) is 0 Å². The molecule has 1 unspecified atom stereocenters. The highest BCUT2D eigenvalue weighted by Gasteiger charge is 2.54. The molecule has 2 N–H and O–H groups in total. The van der Waals surface area contributed by atoms with Crippen molar-refractivity contribution in [3.8, 4) is 0 Å². The molecule has 110 valence electrons. The maximum Gasteiger partial charge on any atom is 0.150 e. The Bertz CT molecular complexity index is 483. The lowest BCUT2D eigenvalue weighted by molar-refractivity contribution is -0.0696. The molecule has 1 aromatic rings. The third-order valence-electron chi connectivity index (χ3n) is 6.18. The van der Waals surface area contributed by atoms with Gasteiger partial charge in [-0.05, 0) is 61.7 Å². The van der Waals surface area contributed by atoms with Crippen LogP contribution < -0.4 is 5.73 Å². The Balaban J connectivity index is 1.67. The van der Waals surface area contributed by atoms with Crippen LogP contribution in [0.3, 0.4) is 0 Å². The van der Waals surface area contributed by atoms with Crippen LogP contribution in [0.1, 0.15) is 63.1 Å². The summed E-state index contributed by atoms with van der Waals surface area (Å²) in [6, 6.07) is 0.0775. The van der Waals surface area contributed by atoms with E-state index in [1.54, 1.807) is 0 Å². The number of aromatic nitrogens is 3. The monoisotopic (exact) mass is 274 g/mol. The molecular formula is C16H26N4. The van der Waals surface area contributed by atoms with Gasteiger partial charge in [-0.1, -0.05) is 6.92 Å². The first-order chi connectivity index (χ1) is 9.59. The van der Waals surface area contributed by atoms with Crippen LogP contribution in [-0.2, 0) is 13.5 Å². The molecule has 4 saturated carbocycles. The lowest BCUT2D eigenvalue weighted by atomic mass is 9.47. The average Bonchev–Trinajstić information content (AvgIpc) is 2.77. The Hall–Kier alpha value is -0.900. The summed E-state index contributed by atoms with van der Waals surface area (Å²) in [5, 5.41) is 4.50. The molecule has 0 saturated heterocycles. The van der Waals surface area contributed by atoms with E-state index in [0.29, 0.717) is 5.41 Å². The van der Waals surface area contributed by atoms with Crippen LogP contribution in [0.15, 0.2) is 0 Å². The predicted octanol–water partition coefficient (Wildman–Crippen LogP) is 2.59. The van der Waals surface area contributed by atoms with Gasteiger partial charge in [-0.25, -0.2) is 4.98 Å². The summed E-state index contributed by atoms with van der Waals surface area (Å²) >= 11 is 0. The maximum absolute atomic E-state index is 6.74. The molecule has 4 nitrogen and oxygen atoms in total. The Morgan fingerprint density at radius 1 is 1.20 bits per heavy atom. The van der Waals surface area contributed by atoms with E-state index < -0.39 is 0 Å². The molecule has 0 amide bonds. The fourth-order valence-electron chi connectivity index (χ4n) is 5.70. The van der Waals surface area contributed by atoms with E-state index in [1.165, 1.54) is 38.5 Å². The Morgan fingerprint density at radius 2 is 1.75 bits per heavy atom. The summed E-state index contributed by atoms with van der Waals surface area (Å²) in [6.07, 6.45) is 9.26. The van der Waals surface area contributed by atoms with Crippen LogP contribution in [-0.4, -0.2) is 14.8 Å². The Morgan fingerprint density at radius 3 is 2.20 bits per heavy atom. The minimum Gasteiger partial charge on any atom is -0.321 e. The first-order valence-electron chi connectivity index (χ1n) is 8.25. The van der Waals surface area contributed by atoms with E-state index in [9.17, 15) is 0 Å². The maximum atomic E-state index is 6.74. The molecule has 0 spiro atoms. The van der Waals surface area contributed by atoms with Crippen LogP contribution in [0, 0.1) is 23.2 Å². The van der Waals surface area contributed by atoms with Gasteiger partial charge in [0.15, 0.2) is 5.82 Å². The molecule has 0 aliphatic heterocycles. The molecule has 4 aliphatic rings. The van der Waals surface area contributed by atoms with Gasteiger partial charge in [0.2, 0.25) is 0 Å². The van der Waals surface area contributed by atoms with Crippen molar-refractivity contribution in [2.24, 2.45) is 36.0 Å². The molecule has 1 atom stereocenters. The van der Waals surface area contributed by atoms with Gasteiger partial charge in [0.05, 0.1) is 6.04 Å². The van der Waals surface area contributed by atoms with E-state index in [0.717, 1.165) is 35.8 Å². The summed E-state index contributed by atoms with van der Waals surface area (Å²) in [6.45, 7) is 2.11. The zero-order chi connectivity index (χ0) is 13.9. The van der Waals surface area contributed by atoms with Crippen LogP contribution >= 0.6 is 0 Å². The number of rotatable bonds is 3. The van der Waals surface area contributed by atoms with Crippen LogP contribution in [0.25, 0.3) is 0 Å². The summed E-state index contributed by atoms with van der Waals surface area (Å²) < 4.78 is 1.93. The fourth-order valence-corrected chi connectivity index (χ4v) is 5.70. The first kappa shape index (κ1) is 12.8. The van der Waals surface area contributed by atoms with Gasteiger partial charge in [-0.15, -0.1) is 0 Å². The van der Waals surface area contributed by atoms with Crippen molar-refractivity contribution in [1.29, 1.82) is 0 Å². The van der Waals surface area contributed by atoms with Gasteiger partial charge in [0.1, 0.15) is 5.82 Å². The van der Waals surface area contributed by atoms with Gasteiger partial charge >= 0.3 is 0 Å². The van der Waals surface area contributed by atoms with Crippen molar-refractivity contribution in [2.75, 3.05) is 0 Å². The van der Waals surface area contributed by atoms with Crippen molar-refractivity contribution in [3.05, 3.63) is 11.6 Å². The summed E-state index contributed by atoms with van der Waals surface area (Å²) in [5.41, 5.74) is 7.06. The Labute approximate surface area is 121 Å². The van der Waals surface area contributed by atoms with Gasteiger partial charge in [0.25, 0.3) is 0 Å². The molecule has 4 heteroatoms. The zero-order valence-corrected chi connectivity index (χ0v) is 12.7. The quantitative estimate of drug-likeness (QED) is 0.921. The molecule has 1 aromatic heterocycles. The van der Waals surface area contributed by atoms with Crippen molar-refractivity contribution in [2.45, 2.75) is 57.9 Å². The molecule has 0 radical (unpaired) electrons. The van der Waals surface area contributed by atoms with Crippen LogP contribution in [0.2, 0.25) is 0 Å². The van der Waals surface area contributed by atoms with Gasteiger partial charge in [0, 0.05) is 13.5 Å². The molecule has 1 heterocycles. The van der Waals surface area contributed by atoms with Gasteiger partial charge in [-0.2, -0.15) is 5.10 Å². The number of hydrogen-bond donors (Lipinski definition) is 1. The molecule has 4 bridgehead atoms. The second-order valence-corrected chi connectivity index (χ2v) is 7.62. The van der Waals surface area contributed by atoms with Crippen molar-refractivity contribution in [3.63, 3.8) is 0 Å². The second kappa shape index (κ2) is 4.30. The minimum atomic E-state index is 0.0775. The summed E-state index contributed by atoms with van der Waals surface area (Å²) in [7, 11) is 2.00. The second-order valence-electron chi connectivity index (χ2n) is 7.62. The highest BCUT2D eigenvalue weighted by atomic mass is 15.3. The predicted molar refractivity (Wildman–Crippen MR) is 77.9 cm³/mol. The molecule has 5 rings (SSSR count). The van der Waals surface area contributed by atoms with Gasteiger partial charge < -0.3 is 5.73 Å². The fraction of sp³-hybridized carbons (Fsp3) is 0.875. The summed E-state index contributed by atoms with van der Waals surface area (Å²) in [4.78, 5) is 4.71. The lowest BCUT2D eigenvalue weighted by Gasteiger charge is -2.58. The first-order valence-corrected chi connectivity index (χ1v) is 8.25. The Kier molecular flexibility index (Phi) is 2.75. The summed E-state index contributed by atoms with van der Waals surface area (Å²) in [5.74, 6) is 4.76. The largest absolute Gasteiger partial charge is 0.321 e. The van der Waals surface area contributed by atoms with E-state index in [-0.39, 0.29) is 6.04 Å². The number of nitrogens with two attached hydrogens (primary N) is 1. The normalized spacial score (nSPS) is 40.2. The van der Waals surface area contributed by atoms with Crippen LogP contribution in [0.5, 0.6) is 0 Å². The highest BCUT2D eigenvalue weighted by Crippen LogP contribution is 2.63. The highest BCUT2D eigenvalue weighted by molar-refractivity contribution is 5.11. The average molecular weight is 274 g/mol. The van der Waals surface area contributed by atoms with Crippen molar-refractivity contribution >= 4 is 0 Å². The van der Waals surface area contributed by atoms with Gasteiger partial charge in [-0.3, -0.25) is 4.68 Å². The molecule has 0 aromatic carbocycles. The molecular weight excluding hydrogens is 248 g/mol. The van der Waals surface area contributed by atoms with E-state index in [4.69, 9.17) is 10.7 Å². The van der Waals surface area contributed by atoms with E-state index in [2.05, 4.69) is 12.0 Å². The van der Waals surface area contributed by atoms with E-state index in [1.807, 2.05) is 11.7 Å². The van der Waals surface area contributed by atoms with E-state index >= 15 is 0 Å². The standard InChI is InChI=1S/C16H26N4/c1-3-13-18-15(20(2)19-13)14(17)16-7-10-4-11(8-16)6-12(5-10)9-16/h10-12,14H,3-9,17H2,1-2H3. The topological polar surface area (TPSA) is 56.7 Å². The number of aryl methyl sites for hydroxylation is 2. The minimum absolute atomic E-state index is 0.0775. The SMILES string of the molecule is CCc1nc(C(N)C23CC4CC(CC(C4)C2)C3)n(C)n1. The molecule has 20 heavy (non-hydrogen) atoms. The number of nitrogens with zero attached hydrogens (tertiary/aromatic N) is 3. The van der Waals surface area contributed by atoms with Crippen molar-refractivity contribution in [1.82, 2.24) is 14.8 Å². The molecule has 4 fully saturated rings. The smallest absolute Gasteiger partial charge is 0.150 e. The lowest BCUT2D eigenvalue weighted by Crippen LogP contribution is -2.51. The third-order valence-corrected chi connectivity index (χ3v) is 6.18. The molecule has 4 aliphatic carbocycles. The third kappa shape index (κ3) is 1.77.